The molecule has 1 saturated heterocycles. The van der Waals surface area contributed by atoms with Crippen LogP contribution in [0.3, 0.4) is 0 Å². The third-order valence-electron chi connectivity index (χ3n) is 5.71. The lowest BCUT2D eigenvalue weighted by Crippen LogP contribution is -2.37. The molecule has 0 saturated carbocycles. The summed E-state index contributed by atoms with van der Waals surface area (Å²) in [5.74, 6) is -0.0440. The summed E-state index contributed by atoms with van der Waals surface area (Å²) in [6, 6.07) is 13.2. The van der Waals surface area contributed by atoms with Crippen LogP contribution in [0, 0.1) is 13.8 Å². The average Bonchev–Trinajstić information content (AvgIpc) is 2.98. The van der Waals surface area contributed by atoms with Gasteiger partial charge in [-0.05, 0) is 56.4 Å². The zero-order valence-electron chi connectivity index (χ0n) is 17.2. The molecule has 2 aliphatic heterocycles. The van der Waals surface area contributed by atoms with Crippen LogP contribution in [0.25, 0.3) is 5.57 Å². The Balaban J connectivity index is 1.88. The number of carbonyl (C=O) groups is 2. The van der Waals surface area contributed by atoms with Crippen molar-refractivity contribution in [1.82, 2.24) is 4.90 Å². The number of para-hydroxylation sites is 2. The molecule has 5 nitrogen and oxygen atoms in total. The predicted octanol–water partition coefficient (Wildman–Crippen LogP) is 4.08. The number of piperidine rings is 1. The van der Waals surface area contributed by atoms with Crippen LogP contribution >= 0.6 is 0 Å². The van der Waals surface area contributed by atoms with Gasteiger partial charge in [0.2, 0.25) is 0 Å². The van der Waals surface area contributed by atoms with Gasteiger partial charge in [0, 0.05) is 13.1 Å². The molecule has 0 radical (unpaired) electrons. The molecule has 2 heterocycles. The summed E-state index contributed by atoms with van der Waals surface area (Å²) < 4.78 is 5.44. The number of likely N-dealkylation sites (tertiary alicyclic amines) is 1. The molecule has 0 aliphatic carbocycles. The van der Waals surface area contributed by atoms with Gasteiger partial charge >= 0.3 is 0 Å². The molecular weight excluding hydrogens is 364 g/mol. The van der Waals surface area contributed by atoms with Gasteiger partial charge in [0.15, 0.2) is 0 Å². The zero-order chi connectivity index (χ0) is 20.5. The summed E-state index contributed by atoms with van der Waals surface area (Å²) >= 11 is 0. The molecule has 0 unspecified atom stereocenters. The van der Waals surface area contributed by atoms with Gasteiger partial charge in [-0.3, -0.25) is 9.59 Å². The van der Waals surface area contributed by atoms with Gasteiger partial charge in [-0.1, -0.05) is 35.9 Å². The van der Waals surface area contributed by atoms with Gasteiger partial charge in [0.1, 0.15) is 11.4 Å². The highest BCUT2D eigenvalue weighted by molar-refractivity contribution is 6.45. The van der Waals surface area contributed by atoms with E-state index in [4.69, 9.17) is 4.74 Å². The first-order valence-electron chi connectivity index (χ1n) is 10.1. The van der Waals surface area contributed by atoms with Gasteiger partial charge in [-0.15, -0.1) is 0 Å². The average molecular weight is 390 g/mol. The van der Waals surface area contributed by atoms with E-state index in [2.05, 4.69) is 11.0 Å². The maximum Gasteiger partial charge on any atom is 0.282 e. The Bertz CT molecular complexity index is 1000. The van der Waals surface area contributed by atoms with Crippen LogP contribution in [0.15, 0.2) is 48.2 Å². The number of imide groups is 1. The number of hydrogen-bond donors (Lipinski definition) is 0. The highest BCUT2D eigenvalue weighted by Gasteiger charge is 2.43. The molecule has 2 aliphatic rings. The quantitative estimate of drug-likeness (QED) is 0.738. The van der Waals surface area contributed by atoms with Crippen LogP contribution in [0.1, 0.15) is 36.0 Å². The summed E-state index contributed by atoms with van der Waals surface area (Å²) in [6.07, 6.45) is 3.21. The molecule has 0 atom stereocenters. The number of anilines is 1. The first-order valence-corrected chi connectivity index (χ1v) is 10.1. The van der Waals surface area contributed by atoms with Crippen LogP contribution in [0.5, 0.6) is 5.75 Å². The van der Waals surface area contributed by atoms with Crippen LogP contribution in [-0.4, -0.2) is 36.9 Å². The fraction of sp³-hybridized carbons (Fsp3) is 0.333. The fourth-order valence-corrected chi connectivity index (χ4v) is 4.30. The summed E-state index contributed by atoms with van der Waals surface area (Å²) in [5, 5.41) is 0. The van der Waals surface area contributed by atoms with Gasteiger partial charge in [0.25, 0.3) is 11.8 Å². The number of amides is 2. The Kier molecular flexibility index (Phi) is 5.14. The van der Waals surface area contributed by atoms with Crippen molar-refractivity contribution in [2.45, 2.75) is 33.1 Å². The third-order valence-corrected chi connectivity index (χ3v) is 5.71. The van der Waals surface area contributed by atoms with E-state index in [-0.39, 0.29) is 11.8 Å². The largest absolute Gasteiger partial charge is 0.495 e. The summed E-state index contributed by atoms with van der Waals surface area (Å²) in [7, 11) is 1.55. The Labute approximate surface area is 171 Å². The minimum atomic E-state index is -0.285. The molecule has 1 fully saturated rings. The van der Waals surface area contributed by atoms with Crippen LogP contribution < -0.4 is 9.64 Å². The first kappa shape index (κ1) is 19.2. The number of aryl methyl sites for hydroxylation is 2. The van der Waals surface area contributed by atoms with Crippen molar-refractivity contribution in [2.75, 3.05) is 25.1 Å². The van der Waals surface area contributed by atoms with E-state index in [1.54, 1.807) is 19.2 Å². The number of rotatable bonds is 4. The van der Waals surface area contributed by atoms with Crippen molar-refractivity contribution in [2.24, 2.45) is 0 Å². The molecule has 2 amide bonds. The minimum absolute atomic E-state index is 0.267. The monoisotopic (exact) mass is 390 g/mol. The second-order valence-corrected chi connectivity index (χ2v) is 7.71. The Morgan fingerprint density at radius 3 is 2.31 bits per heavy atom. The van der Waals surface area contributed by atoms with Gasteiger partial charge in [-0.2, -0.15) is 0 Å². The number of carbonyl (C=O) groups excluding carboxylic acids is 2. The minimum Gasteiger partial charge on any atom is -0.495 e. The molecule has 0 N–H and O–H groups in total. The van der Waals surface area contributed by atoms with Crippen LogP contribution in [-0.2, 0) is 9.59 Å². The van der Waals surface area contributed by atoms with Gasteiger partial charge in [0.05, 0.1) is 18.4 Å². The summed E-state index contributed by atoms with van der Waals surface area (Å²) in [5.41, 5.74) is 4.46. The van der Waals surface area contributed by atoms with E-state index in [1.807, 2.05) is 38.1 Å². The van der Waals surface area contributed by atoms with E-state index in [9.17, 15) is 9.59 Å². The van der Waals surface area contributed by atoms with Crippen molar-refractivity contribution in [1.29, 1.82) is 0 Å². The van der Waals surface area contributed by atoms with Crippen molar-refractivity contribution in [3.63, 3.8) is 0 Å². The zero-order valence-corrected chi connectivity index (χ0v) is 17.2. The van der Waals surface area contributed by atoms with Crippen LogP contribution in [0.4, 0.5) is 5.69 Å². The third kappa shape index (κ3) is 3.31. The molecule has 0 aromatic heterocycles. The number of hydrogen-bond acceptors (Lipinski definition) is 4. The van der Waals surface area contributed by atoms with E-state index in [0.717, 1.165) is 49.0 Å². The maximum absolute atomic E-state index is 13.6. The fourth-order valence-electron chi connectivity index (χ4n) is 4.30. The first-order chi connectivity index (χ1) is 14.0. The normalized spacial score (nSPS) is 17.3. The second kappa shape index (κ2) is 7.74. The molecule has 5 heteroatoms. The summed E-state index contributed by atoms with van der Waals surface area (Å²) in [4.78, 5) is 30.6. The predicted molar refractivity (Wildman–Crippen MR) is 114 cm³/mol. The summed E-state index contributed by atoms with van der Waals surface area (Å²) in [6.45, 7) is 5.61. The van der Waals surface area contributed by atoms with E-state index < -0.39 is 0 Å². The molecule has 2 aromatic rings. The van der Waals surface area contributed by atoms with Gasteiger partial charge in [-0.25, -0.2) is 4.90 Å². The van der Waals surface area contributed by atoms with Crippen LogP contribution in [0.2, 0.25) is 0 Å². The van der Waals surface area contributed by atoms with Crippen molar-refractivity contribution in [3.05, 3.63) is 64.9 Å². The molecule has 0 spiro atoms. The lowest BCUT2D eigenvalue weighted by atomic mass is 9.96. The molecule has 4 rings (SSSR count). The highest BCUT2D eigenvalue weighted by atomic mass is 16.5. The topological polar surface area (TPSA) is 49.9 Å². The number of ether oxygens (including phenoxy) is 1. The van der Waals surface area contributed by atoms with Crippen molar-refractivity contribution < 1.29 is 14.3 Å². The van der Waals surface area contributed by atoms with Crippen molar-refractivity contribution >= 4 is 23.1 Å². The Morgan fingerprint density at radius 1 is 0.897 bits per heavy atom. The lowest BCUT2D eigenvalue weighted by Gasteiger charge is -2.30. The molecular formula is C24H26N2O3. The van der Waals surface area contributed by atoms with Crippen molar-refractivity contribution in [3.8, 4) is 5.75 Å². The SMILES string of the molecule is COc1ccccc1N1C(=O)C(c2ccc(C)cc2C)=C(N2CCCCC2)C1=O. The molecule has 0 bridgehead atoms. The number of nitrogens with zero attached hydrogens (tertiary/aromatic N) is 2. The van der Waals surface area contributed by atoms with E-state index in [1.165, 1.54) is 4.90 Å². The Morgan fingerprint density at radius 2 is 1.62 bits per heavy atom. The smallest absolute Gasteiger partial charge is 0.282 e. The standard InChI is InChI=1S/C24H26N2O3/c1-16-11-12-18(17(2)15-16)21-22(25-13-7-4-8-14-25)24(28)26(23(21)27)19-9-5-6-10-20(19)29-3/h5-6,9-12,15H,4,7-8,13-14H2,1-3H3. The molecule has 2 aromatic carbocycles. The Hall–Kier alpha value is -3.08. The molecule has 29 heavy (non-hydrogen) atoms. The maximum atomic E-state index is 13.6. The molecule has 150 valence electrons. The van der Waals surface area contributed by atoms with E-state index in [0.29, 0.717) is 22.7 Å². The second-order valence-electron chi connectivity index (χ2n) is 7.71. The number of benzene rings is 2. The van der Waals surface area contributed by atoms with Gasteiger partial charge < -0.3 is 9.64 Å². The van der Waals surface area contributed by atoms with E-state index >= 15 is 0 Å². The number of methoxy groups -OCH3 is 1. The highest BCUT2D eigenvalue weighted by Crippen LogP contribution is 2.39. The lowest BCUT2D eigenvalue weighted by molar-refractivity contribution is -0.120.